The molecule has 2 aromatic heterocycles. The molecule has 122 valence electrons. The van der Waals surface area contributed by atoms with Gasteiger partial charge in [-0.1, -0.05) is 40.2 Å². The van der Waals surface area contributed by atoms with E-state index in [2.05, 4.69) is 25.9 Å². The number of halogens is 2. The van der Waals surface area contributed by atoms with E-state index >= 15 is 0 Å². The lowest BCUT2D eigenvalue weighted by Crippen LogP contribution is -2.08. The molecule has 7 heteroatoms. The van der Waals surface area contributed by atoms with E-state index in [1.165, 1.54) is 0 Å². The highest BCUT2D eigenvalue weighted by atomic mass is 79.9. The largest absolute Gasteiger partial charge is 0.449 e. The minimum absolute atomic E-state index is 0. The van der Waals surface area contributed by atoms with Crippen molar-refractivity contribution in [2.24, 2.45) is 5.73 Å². The fourth-order valence-corrected chi connectivity index (χ4v) is 2.92. The van der Waals surface area contributed by atoms with Crippen LogP contribution in [-0.4, -0.2) is 9.97 Å². The first kappa shape index (κ1) is 16.7. The SMILES string of the molecule is Cl.NCc1ccc(-c2nc3c(oc4ccc(Br)cc43)c(=O)[nH]2)cc1. The standard InChI is InChI=1S/C17H12BrN3O2.ClH/c18-11-5-6-13-12(7-11)14-15(23-13)17(22)21-16(20-14)10-3-1-9(8-19)2-4-10;/h1-7H,8,19H2,(H,20,21,22);1H. The van der Waals surface area contributed by atoms with E-state index in [9.17, 15) is 4.79 Å². The van der Waals surface area contributed by atoms with Crippen LogP contribution in [0.5, 0.6) is 0 Å². The van der Waals surface area contributed by atoms with Crippen molar-refractivity contribution >= 4 is 50.4 Å². The predicted octanol–water partition coefficient (Wildman–Crippen LogP) is 3.98. The molecule has 0 radical (unpaired) electrons. The quantitative estimate of drug-likeness (QED) is 0.527. The van der Waals surface area contributed by atoms with Crippen LogP contribution in [0.2, 0.25) is 0 Å². The monoisotopic (exact) mass is 405 g/mol. The Morgan fingerprint density at radius 3 is 2.62 bits per heavy atom. The molecule has 0 aliphatic heterocycles. The summed E-state index contributed by atoms with van der Waals surface area (Å²) in [7, 11) is 0. The van der Waals surface area contributed by atoms with E-state index in [1.807, 2.05) is 42.5 Å². The molecule has 0 atom stereocenters. The molecular weight excluding hydrogens is 394 g/mol. The minimum atomic E-state index is -0.291. The maximum atomic E-state index is 12.3. The van der Waals surface area contributed by atoms with Crippen molar-refractivity contribution in [2.45, 2.75) is 6.54 Å². The molecule has 2 heterocycles. The second-order valence-electron chi connectivity index (χ2n) is 5.24. The van der Waals surface area contributed by atoms with Crippen molar-refractivity contribution in [1.29, 1.82) is 0 Å². The van der Waals surface area contributed by atoms with Gasteiger partial charge >= 0.3 is 0 Å². The number of aromatic nitrogens is 2. The highest BCUT2D eigenvalue weighted by molar-refractivity contribution is 9.10. The Kier molecular flexibility index (Phi) is 4.45. The van der Waals surface area contributed by atoms with Gasteiger partial charge in [-0.2, -0.15) is 0 Å². The van der Waals surface area contributed by atoms with Crippen LogP contribution < -0.4 is 11.3 Å². The number of hydrogen-bond acceptors (Lipinski definition) is 4. The van der Waals surface area contributed by atoms with Crippen molar-refractivity contribution in [1.82, 2.24) is 9.97 Å². The molecule has 4 rings (SSSR count). The summed E-state index contributed by atoms with van der Waals surface area (Å²) in [5, 5.41) is 0.806. The summed E-state index contributed by atoms with van der Waals surface area (Å²) >= 11 is 3.43. The third-order valence-electron chi connectivity index (χ3n) is 3.75. The molecule has 0 spiro atoms. The molecular formula is C17H13BrClN3O2. The third kappa shape index (κ3) is 2.73. The van der Waals surface area contributed by atoms with Crippen LogP contribution in [0.25, 0.3) is 33.5 Å². The van der Waals surface area contributed by atoms with Crippen LogP contribution in [0.1, 0.15) is 5.56 Å². The summed E-state index contributed by atoms with van der Waals surface area (Å²) < 4.78 is 6.53. The second-order valence-corrected chi connectivity index (χ2v) is 6.15. The van der Waals surface area contributed by atoms with Gasteiger partial charge in [-0.25, -0.2) is 4.98 Å². The Labute approximate surface area is 151 Å². The lowest BCUT2D eigenvalue weighted by Gasteiger charge is -2.02. The van der Waals surface area contributed by atoms with Gasteiger partial charge in [0.05, 0.1) is 0 Å². The number of benzene rings is 2. The summed E-state index contributed by atoms with van der Waals surface area (Å²) in [6.45, 7) is 0.476. The second kappa shape index (κ2) is 6.39. The van der Waals surface area contributed by atoms with Crippen molar-refractivity contribution < 1.29 is 4.42 Å². The maximum Gasteiger partial charge on any atom is 0.294 e. The fourth-order valence-electron chi connectivity index (χ4n) is 2.56. The van der Waals surface area contributed by atoms with E-state index in [0.29, 0.717) is 23.5 Å². The Balaban J connectivity index is 0.00000169. The highest BCUT2D eigenvalue weighted by Gasteiger charge is 2.14. The first-order valence-electron chi connectivity index (χ1n) is 7.07. The first-order valence-corrected chi connectivity index (χ1v) is 7.86. The number of aromatic amines is 1. The first-order chi connectivity index (χ1) is 11.2. The van der Waals surface area contributed by atoms with Crippen molar-refractivity contribution in [3.8, 4) is 11.4 Å². The van der Waals surface area contributed by atoms with Gasteiger partial charge in [0.15, 0.2) is 0 Å². The van der Waals surface area contributed by atoms with Gasteiger partial charge in [-0.05, 0) is 23.8 Å². The van der Waals surface area contributed by atoms with Crippen molar-refractivity contribution in [3.63, 3.8) is 0 Å². The molecule has 0 amide bonds. The van der Waals surface area contributed by atoms with E-state index in [0.717, 1.165) is 21.0 Å². The minimum Gasteiger partial charge on any atom is -0.449 e. The topological polar surface area (TPSA) is 84.9 Å². The Morgan fingerprint density at radius 2 is 1.92 bits per heavy atom. The normalized spacial score (nSPS) is 10.9. The summed E-state index contributed by atoms with van der Waals surface area (Å²) in [4.78, 5) is 19.7. The molecule has 2 aromatic carbocycles. The van der Waals surface area contributed by atoms with Crippen molar-refractivity contribution in [3.05, 3.63) is 62.9 Å². The molecule has 0 saturated heterocycles. The van der Waals surface area contributed by atoms with Gasteiger partial charge in [0.2, 0.25) is 5.58 Å². The Morgan fingerprint density at radius 1 is 1.17 bits per heavy atom. The number of nitrogens with one attached hydrogen (secondary N) is 1. The van der Waals surface area contributed by atoms with Crippen LogP contribution >= 0.6 is 28.3 Å². The lowest BCUT2D eigenvalue weighted by molar-refractivity contribution is 0.661. The molecule has 0 bridgehead atoms. The van der Waals surface area contributed by atoms with Gasteiger partial charge in [-0.3, -0.25) is 4.79 Å². The summed E-state index contributed by atoms with van der Waals surface area (Å²) in [5.74, 6) is 0.508. The average Bonchev–Trinajstić information content (AvgIpc) is 2.93. The Hall–Kier alpha value is -2.15. The Bertz CT molecular complexity index is 1090. The number of nitrogens with zero attached hydrogens (tertiary/aromatic N) is 1. The van der Waals surface area contributed by atoms with E-state index in [1.54, 1.807) is 0 Å². The maximum absolute atomic E-state index is 12.3. The highest BCUT2D eigenvalue weighted by Crippen LogP contribution is 2.29. The van der Waals surface area contributed by atoms with E-state index < -0.39 is 0 Å². The molecule has 0 aliphatic rings. The predicted molar refractivity (Wildman–Crippen MR) is 100 cm³/mol. The summed E-state index contributed by atoms with van der Waals surface area (Å²) in [5.41, 5.74) is 8.60. The zero-order valence-corrected chi connectivity index (χ0v) is 14.8. The summed E-state index contributed by atoms with van der Waals surface area (Å²) in [6, 6.07) is 13.2. The molecule has 0 unspecified atom stereocenters. The zero-order valence-electron chi connectivity index (χ0n) is 12.4. The average molecular weight is 407 g/mol. The number of furan rings is 1. The van der Waals surface area contributed by atoms with Gasteiger partial charge in [0, 0.05) is 22.0 Å². The molecule has 4 aromatic rings. The van der Waals surface area contributed by atoms with Crippen LogP contribution in [0, 0.1) is 0 Å². The van der Waals surface area contributed by atoms with Gasteiger partial charge in [0.25, 0.3) is 5.56 Å². The van der Waals surface area contributed by atoms with E-state index in [4.69, 9.17) is 10.2 Å². The summed E-state index contributed by atoms with van der Waals surface area (Å²) in [6.07, 6.45) is 0. The molecule has 3 N–H and O–H groups in total. The molecule has 0 aliphatic carbocycles. The van der Waals surface area contributed by atoms with Crippen LogP contribution in [0.15, 0.2) is 56.1 Å². The van der Waals surface area contributed by atoms with Crippen molar-refractivity contribution in [2.75, 3.05) is 0 Å². The third-order valence-corrected chi connectivity index (χ3v) is 4.24. The van der Waals surface area contributed by atoms with Gasteiger partial charge in [-0.15, -0.1) is 12.4 Å². The van der Waals surface area contributed by atoms with Crippen LogP contribution in [0.3, 0.4) is 0 Å². The number of H-pyrrole nitrogens is 1. The number of nitrogens with two attached hydrogens (primary N) is 1. The molecule has 0 fully saturated rings. The number of hydrogen-bond donors (Lipinski definition) is 2. The number of rotatable bonds is 2. The van der Waals surface area contributed by atoms with E-state index in [-0.39, 0.29) is 23.5 Å². The smallest absolute Gasteiger partial charge is 0.294 e. The van der Waals surface area contributed by atoms with Crippen LogP contribution in [-0.2, 0) is 6.54 Å². The fraction of sp³-hybridized carbons (Fsp3) is 0.0588. The van der Waals surface area contributed by atoms with Gasteiger partial charge in [0.1, 0.15) is 16.9 Å². The molecule has 5 nitrogen and oxygen atoms in total. The van der Waals surface area contributed by atoms with Gasteiger partial charge < -0.3 is 15.1 Å². The van der Waals surface area contributed by atoms with Crippen LogP contribution in [0.4, 0.5) is 0 Å². The molecule has 24 heavy (non-hydrogen) atoms. The zero-order chi connectivity index (χ0) is 16.0. The number of fused-ring (bicyclic) bond motifs is 3. The lowest BCUT2D eigenvalue weighted by atomic mass is 10.1. The molecule has 0 saturated carbocycles.